The average molecular weight is 325 g/mol. The zero-order chi connectivity index (χ0) is 16.5. The van der Waals surface area contributed by atoms with Gasteiger partial charge in [-0.1, -0.05) is 18.2 Å². The van der Waals surface area contributed by atoms with Gasteiger partial charge in [-0.2, -0.15) is 5.10 Å². The van der Waals surface area contributed by atoms with Crippen LogP contribution in [0, 0.1) is 6.92 Å². The smallest absolute Gasteiger partial charge is 0.317 e. The van der Waals surface area contributed by atoms with Gasteiger partial charge in [0, 0.05) is 24.9 Å². The van der Waals surface area contributed by atoms with Crippen LogP contribution in [0.3, 0.4) is 0 Å². The fraction of sp³-hybridized carbons (Fsp3) is 0.353. The van der Waals surface area contributed by atoms with Crippen LogP contribution in [0.1, 0.15) is 17.4 Å². The number of aryl methyl sites for hydroxylation is 1. The standard InChI is InChI=1S/C17H19N5O2/c1-12-19-16-11-21(8-9-22(16)20-12)17(23)18-7-6-14-10-13-4-2-3-5-15(13)24-14/h2-5,10H,6-9,11H2,1H3,(H,18,23). The third kappa shape index (κ3) is 2.84. The Morgan fingerprint density at radius 1 is 1.33 bits per heavy atom. The summed E-state index contributed by atoms with van der Waals surface area (Å²) in [5, 5.41) is 8.34. The molecule has 7 heteroatoms. The highest BCUT2D eigenvalue weighted by molar-refractivity contribution is 5.77. The normalized spacial score (nSPS) is 14.0. The van der Waals surface area contributed by atoms with Gasteiger partial charge in [-0.15, -0.1) is 0 Å². The molecule has 0 spiro atoms. The molecule has 7 nitrogen and oxygen atoms in total. The molecular weight excluding hydrogens is 306 g/mol. The fourth-order valence-corrected chi connectivity index (χ4v) is 3.00. The van der Waals surface area contributed by atoms with Crippen LogP contribution in [0.15, 0.2) is 34.7 Å². The maximum atomic E-state index is 12.3. The molecule has 0 saturated carbocycles. The molecule has 0 bridgehead atoms. The lowest BCUT2D eigenvalue weighted by Gasteiger charge is -2.26. The van der Waals surface area contributed by atoms with E-state index < -0.39 is 0 Å². The molecule has 0 fully saturated rings. The maximum Gasteiger partial charge on any atom is 0.317 e. The Morgan fingerprint density at radius 3 is 3.08 bits per heavy atom. The first kappa shape index (κ1) is 14.7. The summed E-state index contributed by atoms with van der Waals surface area (Å²) in [6.45, 7) is 4.24. The number of carbonyl (C=O) groups is 1. The van der Waals surface area contributed by atoms with Crippen molar-refractivity contribution < 1.29 is 9.21 Å². The van der Waals surface area contributed by atoms with Crippen molar-refractivity contribution in [2.75, 3.05) is 13.1 Å². The van der Waals surface area contributed by atoms with Gasteiger partial charge in [0.2, 0.25) is 0 Å². The molecule has 3 heterocycles. The molecule has 0 radical (unpaired) electrons. The third-order valence-corrected chi connectivity index (χ3v) is 4.18. The van der Waals surface area contributed by atoms with Crippen molar-refractivity contribution in [3.8, 4) is 0 Å². The van der Waals surface area contributed by atoms with Crippen molar-refractivity contribution in [3.05, 3.63) is 47.7 Å². The number of rotatable bonds is 3. The molecule has 1 aromatic carbocycles. The molecule has 2 amide bonds. The SMILES string of the molecule is Cc1nc2n(n1)CCN(C(=O)NCCc1cc3ccccc3o1)C2. The van der Waals surface area contributed by atoms with Gasteiger partial charge in [0.15, 0.2) is 0 Å². The number of furan rings is 1. The van der Waals surface area contributed by atoms with Crippen molar-refractivity contribution in [2.24, 2.45) is 0 Å². The van der Waals surface area contributed by atoms with Crippen LogP contribution >= 0.6 is 0 Å². The minimum Gasteiger partial charge on any atom is -0.461 e. The second-order valence-electron chi connectivity index (χ2n) is 5.95. The largest absolute Gasteiger partial charge is 0.461 e. The van der Waals surface area contributed by atoms with Gasteiger partial charge in [0.05, 0.1) is 13.1 Å². The number of nitrogens with one attached hydrogen (secondary N) is 1. The highest BCUT2D eigenvalue weighted by Crippen LogP contribution is 2.18. The maximum absolute atomic E-state index is 12.3. The first-order valence-corrected chi connectivity index (χ1v) is 8.09. The van der Waals surface area contributed by atoms with E-state index in [-0.39, 0.29) is 6.03 Å². The van der Waals surface area contributed by atoms with E-state index in [2.05, 4.69) is 15.4 Å². The van der Waals surface area contributed by atoms with Gasteiger partial charge in [-0.05, 0) is 19.1 Å². The number of hydrogen-bond donors (Lipinski definition) is 1. The van der Waals surface area contributed by atoms with E-state index >= 15 is 0 Å². The van der Waals surface area contributed by atoms with Crippen molar-refractivity contribution in [1.29, 1.82) is 0 Å². The van der Waals surface area contributed by atoms with E-state index in [4.69, 9.17) is 4.42 Å². The number of para-hydroxylation sites is 1. The molecular formula is C17H19N5O2. The summed E-state index contributed by atoms with van der Waals surface area (Å²) < 4.78 is 7.63. The number of urea groups is 1. The number of carbonyl (C=O) groups excluding carboxylic acids is 1. The number of amides is 2. The van der Waals surface area contributed by atoms with Gasteiger partial charge in [-0.25, -0.2) is 14.5 Å². The Bertz CT molecular complexity index is 849. The monoisotopic (exact) mass is 325 g/mol. The minimum absolute atomic E-state index is 0.0713. The van der Waals surface area contributed by atoms with E-state index in [1.54, 1.807) is 4.90 Å². The second kappa shape index (κ2) is 5.99. The predicted octanol–water partition coefficient (Wildman–Crippen LogP) is 2.10. The molecule has 4 rings (SSSR count). The van der Waals surface area contributed by atoms with Crippen molar-refractivity contribution >= 4 is 17.0 Å². The van der Waals surface area contributed by atoms with Crippen LogP contribution in [0.5, 0.6) is 0 Å². The van der Waals surface area contributed by atoms with Gasteiger partial charge in [-0.3, -0.25) is 0 Å². The van der Waals surface area contributed by atoms with E-state index in [0.29, 0.717) is 32.6 Å². The Hall–Kier alpha value is -2.83. The summed E-state index contributed by atoms with van der Waals surface area (Å²) in [5.41, 5.74) is 0.879. The zero-order valence-corrected chi connectivity index (χ0v) is 13.5. The number of benzene rings is 1. The lowest BCUT2D eigenvalue weighted by atomic mass is 10.2. The number of fused-ring (bicyclic) bond motifs is 2. The van der Waals surface area contributed by atoms with Crippen LogP contribution in [-0.4, -0.2) is 38.8 Å². The van der Waals surface area contributed by atoms with Gasteiger partial charge >= 0.3 is 6.03 Å². The third-order valence-electron chi connectivity index (χ3n) is 4.18. The minimum atomic E-state index is -0.0713. The molecule has 0 aliphatic carbocycles. The molecule has 0 atom stereocenters. The number of aromatic nitrogens is 3. The summed E-state index contributed by atoms with van der Waals surface area (Å²) in [7, 11) is 0. The van der Waals surface area contributed by atoms with Gasteiger partial charge in [0.25, 0.3) is 0 Å². The summed E-state index contributed by atoms with van der Waals surface area (Å²) >= 11 is 0. The van der Waals surface area contributed by atoms with Gasteiger partial charge < -0.3 is 14.6 Å². The van der Waals surface area contributed by atoms with Crippen molar-refractivity contribution in [3.63, 3.8) is 0 Å². The Labute approximate surface area is 139 Å². The van der Waals surface area contributed by atoms with E-state index in [0.717, 1.165) is 28.4 Å². The van der Waals surface area contributed by atoms with E-state index in [1.807, 2.05) is 41.9 Å². The molecule has 124 valence electrons. The van der Waals surface area contributed by atoms with Crippen LogP contribution in [0.4, 0.5) is 4.79 Å². The summed E-state index contributed by atoms with van der Waals surface area (Å²) in [6.07, 6.45) is 0.670. The van der Waals surface area contributed by atoms with Crippen LogP contribution in [0.25, 0.3) is 11.0 Å². The summed E-state index contributed by atoms with van der Waals surface area (Å²) in [6, 6.07) is 9.86. The second-order valence-corrected chi connectivity index (χ2v) is 5.95. The molecule has 0 saturated heterocycles. The molecule has 1 aliphatic heterocycles. The predicted molar refractivity (Wildman–Crippen MR) is 88.5 cm³/mol. The molecule has 1 N–H and O–H groups in total. The molecule has 3 aromatic rings. The zero-order valence-electron chi connectivity index (χ0n) is 13.5. The Kier molecular flexibility index (Phi) is 3.68. The summed E-state index contributed by atoms with van der Waals surface area (Å²) in [4.78, 5) is 18.4. The van der Waals surface area contributed by atoms with Crippen LogP contribution < -0.4 is 5.32 Å². The fourth-order valence-electron chi connectivity index (χ4n) is 3.00. The lowest BCUT2D eigenvalue weighted by Crippen LogP contribution is -2.44. The van der Waals surface area contributed by atoms with Crippen LogP contribution in [0.2, 0.25) is 0 Å². The highest BCUT2D eigenvalue weighted by atomic mass is 16.3. The lowest BCUT2D eigenvalue weighted by molar-refractivity contribution is 0.180. The summed E-state index contributed by atoms with van der Waals surface area (Å²) in [5.74, 6) is 2.47. The van der Waals surface area contributed by atoms with Crippen molar-refractivity contribution in [1.82, 2.24) is 25.0 Å². The molecule has 1 aliphatic rings. The quantitative estimate of drug-likeness (QED) is 0.800. The first-order valence-electron chi connectivity index (χ1n) is 8.09. The first-order chi connectivity index (χ1) is 11.7. The highest BCUT2D eigenvalue weighted by Gasteiger charge is 2.22. The Balaban J connectivity index is 1.32. The molecule has 24 heavy (non-hydrogen) atoms. The van der Waals surface area contributed by atoms with Crippen molar-refractivity contribution in [2.45, 2.75) is 26.4 Å². The average Bonchev–Trinajstić information content (AvgIpc) is 3.15. The molecule has 0 unspecified atom stereocenters. The topological polar surface area (TPSA) is 76.2 Å². The van der Waals surface area contributed by atoms with E-state index in [9.17, 15) is 4.79 Å². The van der Waals surface area contributed by atoms with E-state index in [1.165, 1.54) is 0 Å². The van der Waals surface area contributed by atoms with Gasteiger partial charge in [0.1, 0.15) is 23.0 Å². The number of hydrogen-bond acceptors (Lipinski definition) is 4. The Morgan fingerprint density at radius 2 is 2.21 bits per heavy atom. The van der Waals surface area contributed by atoms with Crippen LogP contribution in [-0.2, 0) is 19.5 Å². The number of nitrogens with zero attached hydrogens (tertiary/aromatic N) is 4. The molecule has 2 aromatic heterocycles.